The largest absolute Gasteiger partial charge is 0.394 e. The van der Waals surface area contributed by atoms with E-state index in [1.54, 1.807) is 0 Å². The molecule has 0 amide bonds. The summed E-state index contributed by atoms with van der Waals surface area (Å²) in [6.07, 6.45) is 5.44. The monoisotopic (exact) mass is 268 g/mol. The van der Waals surface area contributed by atoms with E-state index in [-0.39, 0.29) is 6.61 Å². The van der Waals surface area contributed by atoms with Crippen molar-refractivity contribution in [3.05, 3.63) is 24.0 Å². The number of nitrogens with zero attached hydrogens (tertiary/aromatic N) is 1. The van der Waals surface area contributed by atoms with Gasteiger partial charge in [0.15, 0.2) is 0 Å². The highest BCUT2D eigenvalue weighted by molar-refractivity contribution is 5.16. The fraction of sp³-hybridized carbons (Fsp3) is 0.733. The van der Waals surface area contributed by atoms with E-state index in [0.29, 0.717) is 25.2 Å². The minimum atomic E-state index is 0.0906. The molecule has 110 valence electrons. The minimum absolute atomic E-state index is 0.0906. The zero-order valence-electron chi connectivity index (χ0n) is 12.4. The number of aliphatic hydroxyl groups is 1. The van der Waals surface area contributed by atoms with Crippen molar-refractivity contribution in [3.8, 4) is 0 Å². The highest BCUT2D eigenvalue weighted by Gasteiger charge is 2.15. The summed E-state index contributed by atoms with van der Waals surface area (Å²) < 4.78 is 7.43. The molecule has 1 unspecified atom stereocenters. The zero-order chi connectivity index (χ0) is 14.1. The van der Waals surface area contributed by atoms with Crippen LogP contribution in [0.4, 0.5) is 0 Å². The molecule has 0 aliphatic heterocycles. The molecule has 0 bridgehead atoms. The zero-order valence-corrected chi connectivity index (χ0v) is 12.4. The van der Waals surface area contributed by atoms with E-state index >= 15 is 0 Å². The molecule has 2 N–H and O–H groups in total. The lowest BCUT2D eigenvalue weighted by Crippen LogP contribution is -2.26. The Morgan fingerprint density at radius 2 is 2.16 bits per heavy atom. The van der Waals surface area contributed by atoms with Crippen LogP contribution in [-0.4, -0.2) is 36.0 Å². The van der Waals surface area contributed by atoms with Crippen LogP contribution in [-0.2, 0) is 11.3 Å². The van der Waals surface area contributed by atoms with Crippen molar-refractivity contribution >= 4 is 0 Å². The number of hydrogen-bond donors (Lipinski definition) is 2. The normalized spacial score (nSPS) is 13.1. The highest BCUT2D eigenvalue weighted by Crippen LogP contribution is 2.21. The maximum Gasteiger partial charge on any atom is 0.0698 e. The molecule has 0 aliphatic rings. The molecule has 1 aromatic rings. The number of aromatic nitrogens is 1. The summed E-state index contributed by atoms with van der Waals surface area (Å²) in [5.41, 5.74) is 1.34. The van der Waals surface area contributed by atoms with Crippen molar-refractivity contribution in [1.29, 1.82) is 0 Å². The van der Waals surface area contributed by atoms with Gasteiger partial charge >= 0.3 is 0 Å². The molecular formula is C15H28N2O2. The van der Waals surface area contributed by atoms with Crippen molar-refractivity contribution in [2.24, 2.45) is 5.92 Å². The molecule has 0 saturated heterocycles. The third kappa shape index (κ3) is 5.76. The van der Waals surface area contributed by atoms with Crippen LogP contribution in [0.2, 0.25) is 0 Å². The Bertz CT molecular complexity index is 337. The van der Waals surface area contributed by atoms with Gasteiger partial charge in [-0.2, -0.15) is 0 Å². The van der Waals surface area contributed by atoms with Gasteiger partial charge in [-0.1, -0.05) is 20.8 Å². The van der Waals surface area contributed by atoms with Crippen LogP contribution in [0.3, 0.4) is 0 Å². The van der Waals surface area contributed by atoms with Gasteiger partial charge in [0, 0.05) is 25.0 Å². The quantitative estimate of drug-likeness (QED) is 0.639. The number of rotatable bonds is 10. The Balaban J connectivity index is 2.50. The van der Waals surface area contributed by atoms with Gasteiger partial charge in [0.05, 0.1) is 19.8 Å². The maximum absolute atomic E-state index is 8.64. The summed E-state index contributed by atoms with van der Waals surface area (Å²) in [6.45, 7) is 9.71. The summed E-state index contributed by atoms with van der Waals surface area (Å²) in [5.74, 6) is 0.577. The third-order valence-electron chi connectivity index (χ3n) is 3.14. The Kier molecular flexibility index (Phi) is 7.79. The molecule has 19 heavy (non-hydrogen) atoms. The SMILES string of the molecule is CCCNC(c1ccn(CCOCCO)c1)C(C)C. The number of aliphatic hydroxyl groups excluding tert-OH is 1. The van der Waals surface area contributed by atoms with E-state index in [2.05, 4.69) is 49.1 Å². The average Bonchev–Trinajstić information content (AvgIpc) is 2.83. The minimum Gasteiger partial charge on any atom is -0.394 e. The molecule has 4 heteroatoms. The smallest absolute Gasteiger partial charge is 0.0698 e. The molecule has 0 radical (unpaired) electrons. The first-order chi connectivity index (χ1) is 9.19. The van der Waals surface area contributed by atoms with E-state index in [1.807, 2.05) is 0 Å². The molecule has 0 aliphatic carbocycles. The second-order valence-corrected chi connectivity index (χ2v) is 5.19. The second-order valence-electron chi connectivity index (χ2n) is 5.19. The van der Waals surface area contributed by atoms with Gasteiger partial charge in [-0.25, -0.2) is 0 Å². The van der Waals surface area contributed by atoms with Gasteiger partial charge in [-0.15, -0.1) is 0 Å². The predicted molar refractivity (Wildman–Crippen MR) is 78.2 cm³/mol. The van der Waals surface area contributed by atoms with Gasteiger partial charge in [-0.3, -0.25) is 0 Å². The molecule has 4 nitrogen and oxygen atoms in total. The van der Waals surface area contributed by atoms with Crippen molar-refractivity contribution in [3.63, 3.8) is 0 Å². The molecular weight excluding hydrogens is 240 g/mol. The number of nitrogens with one attached hydrogen (secondary N) is 1. The number of ether oxygens (including phenoxy) is 1. The lowest BCUT2D eigenvalue weighted by atomic mass is 9.98. The van der Waals surface area contributed by atoms with E-state index in [4.69, 9.17) is 9.84 Å². The van der Waals surface area contributed by atoms with Gasteiger partial charge < -0.3 is 19.7 Å². The predicted octanol–water partition coefficient (Wildman–Crippen LogP) is 2.19. The molecule has 0 saturated carbocycles. The third-order valence-corrected chi connectivity index (χ3v) is 3.14. The first kappa shape index (κ1) is 16.2. The fourth-order valence-corrected chi connectivity index (χ4v) is 2.16. The molecule has 1 heterocycles. The summed E-state index contributed by atoms with van der Waals surface area (Å²) in [7, 11) is 0. The van der Waals surface area contributed by atoms with E-state index < -0.39 is 0 Å². The first-order valence-electron chi connectivity index (χ1n) is 7.26. The van der Waals surface area contributed by atoms with E-state index in [1.165, 1.54) is 5.56 Å². The molecule has 0 spiro atoms. The lowest BCUT2D eigenvalue weighted by Gasteiger charge is -2.21. The van der Waals surface area contributed by atoms with Crippen LogP contribution >= 0.6 is 0 Å². The van der Waals surface area contributed by atoms with Crippen LogP contribution in [0.25, 0.3) is 0 Å². The second kappa shape index (κ2) is 9.13. The standard InChI is InChI=1S/C15H28N2O2/c1-4-6-16-15(13(2)3)14-5-7-17(12-14)8-10-19-11-9-18/h5,7,12-13,15-16,18H,4,6,8-11H2,1-3H3. The van der Waals surface area contributed by atoms with E-state index in [9.17, 15) is 0 Å². The van der Waals surface area contributed by atoms with Crippen molar-refractivity contribution in [2.45, 2.75) is 39.8 Å². The number of hydrogen-bond acceptors (Lipinski definition) is 3. The average molecular weight is 268 g/mol. The highest BCUT2D eigenvalue weighted by atomic mass is 16.5. The lowest BCUT2D eigenvalue weighted by molar-refractivity contribution is 0.0870. The first-order valence-corrected chi connectivity index (χ1v) is 7.26. The Morgan fingerprint density at radius 1 is 1.37 bits per heavy atom. The topological polar surface area (TPSA) is 46.4 Å². The Morgan fingerprint density at radius 3 is 2.79 bits per heavy atom. The Labute approximate surface area is 116 Å². The molecule has 0 aromatic carbocycles. The summed E-state index contributed by atoms with van der Waals surface area (Å²) >= 11 is 0. The van der Waals surface area contributed by atoms with Gasteiger partial charge in [-0.05, 0) is 30.5 Å². The van der Waals surface area contributed by atoms with Crippen LogP contribution in [0, 0.1) is 5.92 Å². The van der Waals surface area contributed by atoms with Crippen LogP contribution in [0.5, 0.6) is 0 Å². The molecule has 0 fully saturated rings. The summed E-state index contributed by atoms with van der Waals surface area (Å²) in [6, 6.07) is 2.60. The van der Waals surface area contributed by atoms with Crippen LogP contribution in [0.15, 0.2) is 18.5 Å². The molecule has 1 aromatic heterocycles. The van der Waals surface area contributed by atoms with Gasteiger partial charge in [0.2, 0.25) is 0 Å². The Hall–Kier alpha value is -0.840. The van der Waals surface area contributed by atoms with Crippen LogP contribution < -0.4 is 5.32 Å². The van der Waals surface area contributed by atoms with Crippen LogP contribution in [0.1, 0.15) is 38.8 Å². The summed E-state index contributed by atoms with van der Waals surface area (Å²) in [4.78, 5) is 0. The van der Waals surface area contributed by atoms with Gasteiger partial charge in [0.1, 0.15) is 0 Å². The summed E-state index contributed by atoms with van der Waals surface area (Å²) in [5, 5.41) is 12.2. The van der Waals surface area contributed by atoms with Crippen molar-refractivity contribution in [1.82, 2.24) is 9.88 Å². The fourth-order valence-electron chi connectivity index (χ4n) is 2.16. The molecule has 1 atom stereocenters. The van der Waals surface area contributed by atoms with Crippen molar-refractivity contribution < 1.29 is 9.84 Å². The van der Waals surface area contributed by atoms with E-state index in [0.717, 1.165) is 19.5 Å². The van der Waals surface area contributed by atoms with Gasteiger partial charge in [0.25, 0.3) is 0 Å². The van der Waals surface area contributed by atoms with Crippen molar-refractivity contribution in [2.75, 3.05) is 26.4 Å². The maximum atomic E-state index is 8.64. The molecule has 1 rings (SSSR count).